The highest BCUT2D eigenvalue weighted by molar-refractivity contribution is 5.28. The zero-order chi connectivity index (χ0) is 13.5. The summed E-state index contributed by atoms with van der Waals surface area (Å²) in [6, 6.07) is 0.375. The Morgan fingerprint density at radius 3 is 2.61 bits per heavy atom. The summed E-state index contributed by atoms with van der Waals surface area (Å²) in [5.41, 5.74) is 3.74. The van der Waals surface area contributed by atoms with Crippen LogP contribution in [0.25, 0.3) is 0 Å². The number of hydrogen-bond donors (Lipinski definition) is 1. The largest absolute Gasteiger partial charge is 0.310 e. The normalized spacial score (nSPS) is 12.1. The van der Waals surface area contributed by atoms with Gasteiger partial charge in [0.25, 0.3) is 0 Å². The Hall–Kier alpha value is -1.27. The van der Waals surface area contributed by atoms with Crippen LogP contribution < -0.4 is 5.32 Å². The molecule has 0 radical (unpaired) electrons. The molecule has 3 heteroatoms. The summed E-state index contributed by atoms with van der Waals surface area (Å²) in [6.07, 6.45) is 3.13. The minimum atomic E-state index is 0.375. The van der Waals surface area contributed by atoms with Gasteiger partial charge in [0.05, 0.1) is 5.69 Å². The van der Waals surface area contributed by atoms with Crippen LogP contribution in [0.1, 0.15) is 56.1 Å². The van der Waals surface area contributed by atoms with Gasteiger partial charge in [-0.1, -0.05) is 6.92 Å². The van der Waals surface area contributed by atoms with Gasteiger partial charge in [-0.05, 0) is 40.2 Å². The first kappa shape index (κ1) is 14.8. The quantitative estimate of drug-likeness (QED) is 0.783. The summed E-state index contributed by atoms with van der Waals surface area (Å²) in [5.74, 6) is 6.12. The van der Waals surface area contributed by atoms with Crippen molar-refractivity contribution in [2.75, 3.05) is 6.54 Å². The van der Waals surface area contributed by atoms with Crippen molar-refractivity contribution in [2.24, 2.45) is 7.05 Å². The predicted molar refractivity (Wildman–Crippen MR) is 76.4 cm³/mol. The van der Waals surface area contributed by atoms with Crippen LogP contribution in [0.5, 0.6) is 0 Å². The van der Waals surface area contributed by atoms with Crippen LogP contribution in [0.2, 0.25) is 0 Å². The number of rotatable bonds is 6. The van der Waals surface area contributed by atoms with Crippen molar-refractivity contribution >= 4 is 0 Å². The van der Waals surface area contributed by atoms with Gasteiger partial charge >= 0.3 is 0 Å². The van der Waals surface area contributed by atoms with E-state index in [1.54, 1.807) is 0 Å². The molecule has 1 atom stereocenters. The fourth-order valence-electron chi connectivity index (χ4n) is 2.30. The van der Waals surface area contributed by atoms with Crippen molar-refractivity contribution in [1.29, 1.82) is 0 Å². The van der Waals surface area contributed by atoms with Gasteiger partial charge in [0.15, 0.2) is 0 Å². The molecule has 0 saturated heterocycles. The van der Waals surface area contributed by atoms with Crippen molar-refractivity contribution in [3.63, 3.8) is 0 Å². The van der Waals surface area contributed by atoms with Gasteiger partial charge in [-0.2, -0.15) is 5.10 Å². The van der Waals surface area contributed by atoms with E-state index < -0.39 is 0 Å². The molecule has 1 rings (SSSR count). The average molecular weight is 247 g/mol. The summed E-state index contributed by atoms with van der Waals surface area (Å²) in [6.45, 7) is 9.36. The third kappa shape index (κ3) is 3.61. The second-order valence-corrected chi connectivity index (χ2v) is 4.68. The van der Waals surface area contributed by atoms with Crippen LogP contribution in [0.3, 0.4) is 0 Å². The van der Waals surface area contributed by atoms with Crippen LogP contribution in [0.4, 0.5) is 0 Å². The smallest absolute Gasteiger partial charge is 0.0644 e. The Kier molecular flexibility index (Phi) is 5.94. The number of hydrogen-bond acceptors (Lipinski definition) is 2. The summed E-state index contributed by atoms with van der Waals surface area (Å²) in [4.78, 5) is 0. The van der Waals surface area contributed by atoms with Gasteiger partial charge < -0.3 is 5.32 Å². The second-order valence-electron chi connectivity index (χ2n) is 4.68. The average Bonchev–Trinajstić information content (AvgIpc) is 2.59. The molecule has 1 aromatic heterocycles. The second kappa shape index (κ2) is 7.23. The molecule has 18 heavy (non-hydrogen) atoms. The molecule has 1 N–H and O–H groups in total. The van der Waals surface area contributed by atoms with Crippen LogP contribution >= 0.6 is 0 Å². The summed E-state index contributed by atoms with van der Waals surface area (Å²) in [5, 5.41) is 8.13. The van der Waals surface area contributed by atoms with E-state index in [4.69, 9.17) is 0 Å². The lowest BCUT2D eigenvalue weighted by atomic mass is 10.00. The maximum absolute atomic E-state index is 4.51. The highest BCUT2D eigenvalue weighted by atomic mass is 15.3. The Bertz CT molecular complexity index is 435. The van der Waals surface area contributed by atoms with Crippen LogP contribution in [-0.4, -0.2) is 16.3 Å². The van der Waals surface area contributed by atoms with Gasteiger partial charge in [0.1, 0.15) is 0 Å². The van der Waals surface area contributed by atoms with Gasteiger partial charge in [-0.15, -0.1) is 11.8 Å². The van der Waals surface area contributed by atoms with E-state index >= 15 is 0 Å². The molecule has 100 valence electrons. The maximum atomic E-state index is 4.51. The Morgan fingerprint density at radius 2 is 2.11 bits per heavy atom. The van der Waals surface area contributed by atoms with E-state index in [9.17, 15) is 0 Å². The summed E-state index contributed by atoms with van der Waals surface area (Å²) in [7, 11) is 2.01. The first-order valence-corrected chi connectivity index (χ1v) is 6.74. The third-order valence-electron chi connectivity index (χ3n) is 3.29. The van der Waals surface area contributed by atoms with E-state index in [2.05, 4.69) is 43.0 Å². The number of aryl methyl sites for hydroxylation is 2. The Labute approximate surface area is 111 Å². The monoisotopic (exact) mass is 247 g/mol. The van der Waals surface area contributed by atoms with E-state index in [0.717, 1.165) is 31.5 Å². The third-order valence-corrected chi connectivity index (χ3v) is 3.29. The number of nitrogens with zero attached hydrogens (tertiary/aromatic N) is 2. The molecule has 0 aliphatic heterocycles. The van der Waals surface area contributed by atoms with Gasteiger partial charge in [-0.25, -0.2) is 0 Å². The highest BCUT2D eigenvalue weighted by Crippen LogP contribution is 2.24. The van der Waals surface area contributed by atoms with Gasteiger partial charge in [-0.3, -0.25) is 4.68 Å². The Morgan fingerprint density at radius 1 is 1.39 bits per heavy atom. The molecule has 1 aromatic rings. The zero-order valence-corrected chi connectivity index (χ0v) is 12.3. The first-order valence-electron chi connectivity index (χ1n) is 6.74. The summed E-state index contributed by atoms with van der Waals surface area (Å²) < 4.78 is 1.97. The van der Waals surface area contributed by atoms with Crippen LogP contribution in [0, 0.1) is 25.7 Å². The van der Waals surface area contributed by atoms with Crippen molar-refractivity contribution in [2.45, 2.75) is 53.0 Å². The SMILES string of the molecule is CC#CCCC(NCCC)c1c(C)nn(C)c1C. The molecular formula is C15H25N3. The molecule has 0 aliphatic carbocycles. The molecule has 0 bridgehead atoms. The van der Waals surface area contributed by atoms with Crippen molar-refractivity contribution in [3.8, 4) is 11.8 Å². The lowest BCUT2D eigenvalue weighted by Gasteiger charge is -2.18. The first-order chi connectivity index (χ1) is 8.61. The van der Waals surface area contributed by atoms with Crippen molar-refractivity contribution in [1.82, 2.24) is 15.1 Å². The standard InChI is InChI=1S/C15H25N3/c1-6-8-9-10-14(16-11-7-2)15-12(3)17-18(5)13(15)4/h14,16H,7,9-11H2,1-5H3. The highest BCUT2D eigenvalue weighted by Gasteiger charge is 2.18. The molecule has 0 amide bonds. The molecule has 1 heterocycles. The lowest BCUT2D eigenvalue weighted by Crippen LogP contribution is -2.23. The zero-order valence-electron chi connectivity index (χ0n) is 12.3. The summed E-state index contributed by atoms with van der Waals surface area (Å²) >= 11 is 0. The minimum absolute atomic E-state index is 0.375. The van der Waals surface area contributed by atoms with Crippen LogP contribution in [0.15, 0.2) is 0 Å². The fraction of sp³-hybridized carbons (Fsp3) is 0.667. The topological polar surface area (TPSA) is 29.9 Å². The van der Waals surface area contributed by atoms with Crippen molar-refractivity contribution in [3.05, 3.63) is 17.0 Å². The molecule has 0 fully saturated rings. The van der Waals surface area contributed by atoms with E-state index in [-0.39, 0.29) is 0 Å². The van der Waals surface area contributed by atoms with E-state index in [1.807, 2.05) is 18.7 Å². The molecule has 0 aromatic carbocycles. The number of nitrogens with one attached hydrogen (secondary N) is 1. The molecular weight excluding hydrogens is 222 g/mol. The molecule has 0 saturated carbocycles. The minimum Gasteiger partial charge on any atom is -0.310 e. The molecule has 1 unspecified atom stereocenters. The molecule has 0 spiro atoms. The molecule has 0 aliphatic rings. The fourth-order valence-corrected chi connectivity index (χ4v) is 2.30. The van der Waals surface area contributed by atoms with E-state index in [0.29, 0.717) is 6.04 Å². The predicted octanol–water partition coefficient (Wildman–Crippen LogP) is 2.88. The van der Waals surface area contributed by atoms with Gasteiger partial charge in [0, 0.05) is 30.8 Å². The van der Waals surface area contributed by atoms with E-state index in [1.165, 1.54) is 11.3 Å². The van der Waals surface area contributed by atoms with Crippen molar-refractivity contribution < 1.29 is 0 Å². The number of aromatic nitrogens is 2. The Balaban J connectivity index is 2.88. The van der Waals surface area contributed by atoms with Gasteiger partial charge in [0.2, 0.25) is 0 Å². The molecule has 3 nitrogen and oxygen atoms in total. The maximum Gasteiger partial charge on any atom is 0.0644 e. The van der Waals surface area contributed by atoms with Crippen LogP contribution in [-0.2, 0) is 7.05 Å². The lowest BCUT2D eigenvalue weighted by molar-refractivity contribution is 0.501.